The summed E-state index contributed by atoms with van der Waals surface area (Å²) in [4.78, 5) is 15.5. The second-order valence-corrected chi connectivity index (χ2v) is 4.24. The Labute approximate surface area is 112 Å². The number of hydrogen-bond donors (Lipinski definition) is 2. The van der Waals surface area contributed by atoms with Crippen LogP contribution in [0.3, 0.4) is 0 Å². The molecule has 0 aliphatic heterocycles. The minimum Gasteiger partial charge on any atom is -0.355 e. The number of carbonyl (C=O) groups is 1. The molecule has 0 fully saturated rings. The summed E-state index contributed by atoms with van der Waals surface area (Å²) in [5.41, 5.74) is 2.99. The number of benzene rings is 1. The molecule has 1 aromatic carbocycles. The van der Waals surface area contributed by atoms with E-state index >= 15 is 0 Å². The van der Waals surface area contributed by atoms with Gasteiger partial charge in [0.15, 0.2) is 0 Å². The lowest BCUT2D eigenvalue weighted by Gasteiger charge is -2.06. The van der Waals surface area contributed by atoms with Crippen molar-refractivity contribution in [3.63, 3.8) is 0 Å². The standard InChI is InChI=1S/C15H17N3O/c1-16-15(19)14-6-4-12(5-7-14)9-18-11-13-3-2-8-17-10-13/h2-8,10,18H,9,11H2,1H3,(H,16,19). The van der Waals surface area contributed by atoms with Gasteiger partial charge in [0.05, 0.1) is 0 Å². The Morgan fingerprint density at radius 2 is 1.84 bits per heavy atom. The quantitative estimate of drug-likeness (QED) is 0.855. The van der Waals surface area contributed by atoms with Gasteiger partial charge in [0, 0.05) is 38.1 Å². The summed E-state index contributed by atoms with van der Waals surface area (Å²) in [6.07, 6.45) is 3.61. The predicted octanol–water partition coefficient (Wildman–Crippen LogP) is 1.73. The lowest BCUT2D eigenvalue weighted by atomic mass is 10.1. The first-order valence-electron chi connectivity index (χ1n) is 6.20. The van der Waals surface area contributed by atoms with E-state index in [1.165, 1.54) is 0 Å². The van der Waals surface area contributed by atoms with Crippen molar-refractivity contribution in [2.24, 2.45) is 0 Å². The Bertz CT molecular complexity index is 523. The average Bonchev–Trinajstić information content (AvgIpc) is 2.48. The smallest absolute Gasteiger partial charge is 0.251 e. The van der Waals surface area contributed by atoms with E-state index in [-0.39, 0.29) is 5.91 Å². The molecule has 1 heterocycles. The second-order valence-electron chi connectivity index (χ2n) is 4.24. The molecule has 2 N–H and O–H groups in total. The van der Waals surface area contributed by atoms with Gasteiger partial charge in [-0.05, 0) is 29.3 Å². The van der Waals surface area contributed by atoms with Gasteiger partial charge >= 0.3 is 0 Å². The summed E-state index contributed by atoms with van der Waals surface area (Å²) in [6, 6.07) is 11.5. The monoisotopic (exact) mass is 255 g/mol. The Kier molecular flexibility index (Phi) is 4.64. The van der Waals surface area contributed by atoms with E-state index in [1.807, 2.05) is 42.6 Å². The van der Waals surface area contributed by atoms with E-state index in [9.17, 15) is 4.79 Å². The van der Waals surface area contributed by atoms with E-state index in [0.29, 0.717) is 5.56 Å². The van der Waals surface area contributed by atoms with Crippen LogP contribution < -0.4 is 10.6 Å². The van der Waals surface area contributed by atoms with E-state index in [1.54, 1.807) is 13.2 Å². The van der Waals surface area contributed by atoms with Crippen LogP contribution in [0.15, 0.2) is 48.8 Å². The predicted molar refractivity (Wildman–Crippen MR) is 74.6 cm³/mol. The van der Waals surface area contributed by atoms with Crippen LogP contribution in [0, 0.1) is 0 Å². The molecule has 2 rings (SSSR count). The summed E-state index contributed by atoms with van der Waals surface area (Å²) in [5, 5.41) is 5.94. The van der Waals surface area contributed by atoms with E-state index in [4.69, 9.17) is 0 Å². The van der Waals surface area contributed by atoms with Crippen molar-refractivity contribution in [1.29, 1.82) is 0 Å². The molecule has 0 bridgehead atoms. The van der Waals surface area contributed by atoms with Crippen LogP contribution in [0.2, 0.25) is 0 Å². The maximum absolute atomic E-state index is 11.4. The number of nitrogens with one attached hydrogen (secondary N) is 2. The van der Waals surface area contributed by atoms with Crippen LogP contribution in [0.5, 0.6) is 0 Å². The highest BCUT2D eigenvalue weighted by Gasteiger charge is 2.01. The summed E-state index contributed by atoms with van der Waals surface area (Å²) in [7, 11) is 1.63. The molecule has 0 saturated carbocycles. The van der Waals surface area contributed by atoms with Crippen molar-refractivity contribution in [1.82, 2.24) is 15.6 Å². The van der Waals surface area contributed by atoms with E-state index in [2.05, 4.69) is 15.6 Å². The fourth-order valence-electron chi connectivity index (χ4n) is 1.77. The number of hydrogen-bond acceptors (Lipinski definition) is 3. The van der Waals surface area contributed by atoms with Crippen LogP contribution in [0.1, 0.15) is 21.5 Å². The highest BCUT2D eigenvalue weighted by Crippen LogP contribution is 2.04. The molecule has 1 aromatic heterocycles. The number of carbonyl (C=O) groups excluding carboxylic acids is 1. The van der Waals surface area contributed by atoms with Crippen molar-refractivity contribution in [3.8, 4) is 0 Å². The van der Waals surface area contributed by atoms with Gasteiger partial charge < -0.3 is 10.6 Å². The number of amides is 1. The third-order valence-corrected chi connectivity index (χ3v) is 2.82. The summed E-state index contributed by atoms with van der Waals surface area (Å²) in [6.45, 7) is 1.55. The number of rotatable bonds is 5. The molecule has 0 radical (unpaired) electrons. The molecule has 0 unspecified atom stereocenters. The molecular formula is C15H17N3O. The molecule has 0 saturated heterocycles. The second kappa shape index (κ2) is 6.66. The van der Waals surface area contributed by atoms with E-state index < -0.39 is 0 Å². The van der Waals surface area contributed by atoms with E-state index in [0.717, 1.165) is 24.2 Å². The molecule has 0 aliphatic rings. The normalized spacial score (nSPS) is 10.2. The van der Waals surface area contributed by atoms with Gasteiger partial charge in [0.25, 0.3) is 5.91 Å². The molecular weight excluding hydrogens is 238 g/mol. The molecule has 0 aliphatic carbocycles. The Balaban J connectivity index is 1.85. The zero-order valence-corrected chi connectivity index (χ0v) is 10.9. The zero-order chi connectivity index (χ0) is 13.5. The van der Waals surface area contributed by atoms with Gasteiger partial charge in [0.2, 0.25) is 0 Å². The first kappa shape index (κ1) is 13.2. The fourth-order valence-corrected chi connectivity index (χ4v) is 1.77. The van der Waals surface area contributed by atoms with Gasteiger partial charge in [0.1, 0.15) is 0 Å². The van der Waals surface area contributed by atoms with Crippen LogP contribution in [0.25, 0.3) is 0 Å². The van der Waals surface area contributed by atoms with Crippen molar-refractivity contribution >= 4 is 5.91 Å². The highest BCUT2D eigenvalue weighted by molar-refractivity contribution is 5.93. The maximum atomic E-state index is 11.4. The Morgan fingerprint density at radius 3 is 2.47 bits per heavy atom. The molecule has 4 heteroatoms. The molecule has 0 atom stereocenters. The van der Waals surface area contributed by atoms with Gasteiger partial charge in [-0.2, -0.15) is 0 Å². The van der Waals surface area contributed by atoms with Crippen LogP contribution in [0.4, 0.5) is 0 Å². The highest BCUT2D eigenvalue weighted by atomic mass is 16.1. The lowest BCUT2D eigenvalue weighted by molar-refractivity contribution is 0.0963. The summed E-state index contributed by atoms with van der Waals surface area (Å²) < 4.78 is 0. The molecule has 2 aromatic rings. The van der Waals surface area contributed by atoms with Crippen LogP contribution in [-0.4, -0.2) is 17.9 Å². The molecule has 0 spiro atoms. The number of pyridine rings is 1. The Morgan fingerprint density at radius 1 is 1.11 bits per heavy atom. The first-order chi connectivity index (χ1) is 9.29. The molecule has 1 amide bonds. The third kappa shape index (κ3) is 3.89. The van der Waals surface area contributed by atoms with Crippen LogP contribution >= 0.6 is 0 Å². The van der Waals surface area contributed by atoms with Gasteiger partial charge in [-0.25, -0.2) is 0 Å². The maximum Gasteiger partial charge on any atom is 0.251 e. The number of aromatic nitrogens is 1. The lowest BCUT2D eigenvalue weighted by Crippen LogP contribution is -2.18. The third-order valence-electron chi connectivity index (χ3n) is 2.82. The Hall–Kier alpha value is -2.20. The fraction of sp³-hybridized carbons (Fsp3) is 0.200. The zero-order valence-electron chi connectivity index (χ0n) is 10.9. The molecule has 19 heavy (non-hydrogen) atoms. The topological polar surface area (TPSA) is 54.0 Å². The van der Waals surface area contributed by atoms with Crippen molar-refractivity contribution < 1.29 is 4.79 Å². The van der Waals surface area contributed by atoms with Gasteiger partial charge in [-0.1, -0.05) is 18.2 Å². The SMILES string of the molecule is CNC(=O)c1ccc(CNCc2cccnc2)cc1. The molecule has 98 valence electrons. The van der Waals surface area contributed by atoms with Gasteiger partial charge in [-0.15, -0.1) is 0 Å². The number of nitrogens with zero attached hydrogens (tertiary/aromatic N) is 1. The largest absolute Gasteiger partial charge is 0.355 e. The summed E-state index contributed by atoms with van der Waals surface area (Å²) in [5.74, 6) is -0.0603. The van der Waals surface area contributed by atoms with Gasteiger partial charge in [-0.3, -0.25) is 9.78 Å². The minimum atomic E-state index is -0.0603. The average molecular weight is 255 g/mol. The van der Waals surface area contributed by atoms with Crippen molar-refractivity contribution in [2.75, 3.05) is 7.05 Å². The van der Waals surface area contributed by atoms with Crippen molar-refractivity contribution in [3.05, 3.63) is 65.5 Å². The minimum absolute atomic E-state index is 0.0603. The first-order valence-corrected chi connectivity index (χ1v) is 6.20. The van der Waals surface area contributed by atoms with Crippen molar-refractivity contribution in [2.45, 2.75) is 13.1 Å². The van der Waals surface area contributed by atoms with Crippen LogP contribution in [-0.2, 0) is 13.1 Å². The summed E-state index contributed by atoms with van der Waals surface area (Å²) >= 11 is 0. The molecule has 4 nitrogen and oxygen atoms in total.